The van der Waals surface area contributed by atoms with E-state index in [1.54, 1.807) is 19.2 Å². The summed E-state index contributed by atoms with van der Waals surface area (Å²) in [5.41, 5.74) is 6.88. The van der Waals surface area contributed by atoms with Gasteiger partial charge in [-0.15, -0.1) is 0 Å². The van der Waals surface area contributed by atoms with Crippen LogP contribution >= 0.6 is 0 Å². The number of amides is 1. The fourth-order valence-corrected chi connectivity index (χ4v) is 6.45. The number of nitrogens with one attached hydrogen (secondary N) is 2. The first-order valence-electron chi connectivity index (χ1n) is 14.8. The fourth-order valence-electron chi connectivity index (χ4n) is 6.45. The lowest BCUT2D eigenvalue weighted by Gasteiger charge is -2.43. The highest BCUT2D eigenvalue weighted by molar-refractivity contribution is 5.74. The molecule has 0 saturated carbocycles. The minimum absolute atomic E-state index is 0.0556. The van der Waals surface area contributed by atoms with Crippen molar-refractivity contribution in [3.63, 3.8) is 0 Å². The second kappa shape index (κ2) is 12.5. The van der Waals surface area contributed by atoms with Crippen molar-refractivity contribution in [3.8, 4) is 11.6 Å². The molecule has 0 radical (unpaired) electrons. The second-order valence-corrected chi connectivity index (χ2v) is 11.7. The summed E-state index contributed by atoms with van der Waals surface area (Å²) in [6, 6.07) is 6.79. The van der Waals surface area contributed by atoms with E-state index in [4.69, 9.17) is 10.5 Å². The van der Waals surface area contributed by atoms with Gasteiger partial charge in [0.2, 0.25) is 23.8 Å². The SMILES string of the molecule is CCC1NC(C(=O)O)CC12CCN(c1cc(O[C@H](c3ccc(CNC(C)=O)cc3-n3ccc(C)n3)C(F)(F)F)nc(N)n1)CC2. The number of nitrogens with two attached hydrogens (primary N) is 1. The Labute approximate surface area is 258 Å². The summed E-state index contributed by atoms with van der Waals surface area (Å²) in [6.45, 7) is 6.25. The zero-order valence-electron chi connectivity index (χ0n) is 25.3. The van der Waals surface area contributed by atoms with Crippen LogP contribution in [0.1, 0.15) is 62.5 Å². The number of ether oxygens (including phenoxy) is 1. The number of nitrogen functional groups attached to an aromatic ring is 1. The summed E-state index contributed by atoms with van der Waals surface area (Å²) in [7, 11) is 0. The first-order valence-corrected chi connectivity index (χ1v) is 14.8. The number of aryl methyl sites for hydroxylation is 1. The van der Waals surface area contributed by atoms with E-state index in [-0.39, 0.29) is 47.0 Å². The van der Waals surface area contributed by atoms with Crippen LogP contribution < -0.4 is 26.0 Å². The summed E-state index contributed by atoms with van der Waals surface area (Å²) < 4.78 is 51.0. The monoisotopic (exact) mass is 630 g/mol. The lowest BCUT2D eigenvalue weighted by Crippen LogP contribution is -2.46. The molecule has 5 N–H and O–H groups in total. The average molecular weight is 631 g/mol. The smallest absolute Gasteiger partial charge is 0.429 e. The van der Waals surface area contributed by atoms with Crippen molar-refractivity contribution in [1.82, 2.24) is 30.4 Å². The van der Waals surface area contributed by atoms with Gasteiger partial charge in [0.15, 0.2) is 0 Å². The molecule has 1 aromatic carbocycles. The number of benzene rings is 1. The van der Waals surface area contributed by atoms with E-state index < -0.39 is 24.3 Å². The molecule has 1 amide bonds. The largest absolute Gasteiger partial charge is 0.480 e. The molecular weight excluding hydrogens is 593 g/mol. The molecule has 2 aliphatic heterocycles. The highest BCUT2D eigenvalue weighted by Gasteiger charge is 2.50. The maximum atomic E-state index is 14.7. The standard InChI is InChI=1S/C30H37F3N8O4/c1-4-23-29(15-21(36-23)27(43)44)8-11-40(12-9-29)24-14-25(38-28(34)37-24)45-26(30(31,32)33)20-6-5-19(16-35-18(3)42)13-22(20)41-10-7-17(2)39-41/h5-7,10,13-14,21,23,26,36H,4,8-9,11-12,15-16H2,1-3H3,(H,35,42)(H,43,44)(H2,34,37,38)/t21?,23?,26-/m1/s1. The molecule has 1 spiro atoms. The van der Waals surface area contributed by atoms with Crippen molar-refractivity contribution >= 4 is 23.6 Å². The molecule has 3 atom stereocenters. The van der Waals surface area contributed by atoms with Gasteiger partial charge >= 0.3 is 12.1 Å². The fraction of sp³-hybridized carbons (Fsp3) is 0.500. The third-order valence-electron chi connectivity index (χ3n) is 8.67. The Morgan fingerprint density at radius 1 is 1.22 bits per heavy atom. The molecule has 5 rings (SSSR count). The van der Waals surface area contributed by atoms with E-state index in [1.807, 2.05) is 11.8 Å². The number of carboxylic acids is 1. The van der Waals surface area contributed by atoms with Crippen LogP contribution in [0.5, 0.6) is 5.88 Å². The summed E-state index contributed by atoms with van der Waals surface area (Å²) in [6.07, 6.45) is -3.05. The van der Waals surface area contributed by atoms with Crippen molar-refractivity contribution < 1.29 is 32.6 Å². The van der Waals surface area contributed by atoms with Gasteiger partial charge in [-0.1, -0.05) is 19.1 Å². The number of alkyl halides is 3. The van der Waals surface area contributed by atoms with Crippen LogP contribution in [0.4, 0.5) is 24.9 Å². The zero-order valence-corrected chi connectivity index (χ0v) is 25.3. The molecule has 2 saturated heterocycles. The lowest BCUT2D eigenvalue weighted by molar-refractivity contribution is -0.198. The van der Waals surface area contributed by atoms with Gasteiger partial charge in [-0.05, 0) is 55.7 Å². The van der Waals surface area contributed by atoms with E-state index in [0.717, 1.165) is 6.42 Å². The van der Waals surface area contributed by atoms with Gasteiger partial charge in [0.05, 0.1) is 11.4 Å². The molecule has 0 aliphatic carbocycles. The van der Waals surface area contributed by atoms with Gasteiger partial charge < -0.3 is 31.1 Å². The number of piperidine rings is 1. The first-order chi connectivity index (χ1) is 21.3. The van der Waals surface area contributed by atoms with E-state index in [1.165, 1.54) is 35.9 Å². The minimum Gasteiger partial charge on any atom is -0.480 e. The summed E-state index contributed by atoms with van der Waals surface area (Å²) in [5.74, 6) is -1.40. The van der Waals surface area contributed by atoms with E-state index in [9.17, 15) is 27.9 Å². The summed E-state index contributed by atoms with van der Waals surface area (Å²) in [5, 5.41) is 19.8. The van der Waals surface area contributed by atoms with Crippen LogP contribution in [0.2, 0.25) is 0 Å². The number of carbonyl (C=O) groups excluding carboxylic acids is 1. The number of nitrogens with zero attached hydrogens (tertiary/aromatic N) is 5. The lowest BCUT2D eigenvalue weighted by atomic mass is 9.71. The van der Waals surface area contributed by atoms with Crippen LogP contribution in [0.25, 0.3) is 5.69 Å². The van der Waals surface area contributed by atoms with Gasteiger partial charge in [-0.25, -0.2) is 4.68 Å². The van der Waals surface area contributed by atoms with E-state index in [2.05, 4.69) is 25.7 Å². The Morgan fingerprint density at radius 3 is 2.56 bits per heavy atom. The van der Waals surface area contributed by atoms with Gasteiger partial charge in [0.1, 0.15) is 11.9 Å². The molecule has 3 aromatic rings. The van der Waals surface area contributed by atoms with Gasteiger partial charge in [0.25, 0.3) is 0 Å². The quantitative estimate of drug-likeness (QED) is 0.275. The summed E-state index contributed by atoms with van der Waals surface area (Å²) in [4.78, 5) is 33.3. The van der Waals surface area contributed by atoms with Crippen LogP contribution in [0.15, 0.2) is 36.5 Å². The van der Waals surface area contributed by atoms with Crippen LogP contribution in [-0.2, 0) is 16.1 Å². The third kappa shape index (κ3) is 6.97. The molecule has 2 aromatic heterocycles. The van der Waals surface area contributed by atoms with Crippen LogP contribution in [0, 0.1) is 12.3 Å². The van der Waals surface area contributed by atoms with E-state index in [0.29, 0.717) is 49.4 Å². The molecule has 2 fully saturated rings. The molecule has 4 heterocycles. The van der Waals surface area contributed by atoms with Crippen molar-refractivity contribution in [2.24, 2.45) is 5.41 Å². The normalized spacial score (nSPS) is 20.3. The number of hydrogen-bond donors (Lipinski definition) is 4. The second-order valence-electron chi connectivity index (χ2n) is 11.7. The van der Waals surface area contributed by atoms with Crippen LogP contribution in [0.3, 0.4) is 0 Å². The molecule has 45 heavy (non-hydrogen) atoms. The highest BCUT2D eigenvalue weighted by atomic mass is 19.4. The van der Waals surface area contributed by atoms with Crippen LogP contribution in [-0.4, -0.2) is 68.1 Å². The predicted octanol–water partition coefficient (Wildman–Crippen LogP) is 3.68. The number of rotatable bonds is 9. The number of hydrogen-bond acceptors (Lipinski definition) is 9. The topological polar surface area (TPSA) is 161 Å². The van der Waals surface area contributed by atoms with Gasteiger partial charge in [-0.2, -0.15) is 28.2 Å². The number of anilines is 2. The molecular formula is C30H37F3N8O4. The maximum absolute atomic E-state index is 14.7. The molecule has 0 bridgehead atoms. The Hall–Kier alpha value is -4.40. The summed E-state index contributed by atoms with van der Waals surface area (Å²) >= 11 is 0. The highest BCUT2D eigenvalue weighted by Crippen LogP contribution is 2.46. The third-order valence-corrected chi connectivity index (χ3v) is 8.67. The Bertz CT molecular complexity index is 1550. The zero-order chi connectivity index (χ0) is 32.5. The number of aromatic nitrogens is 4. The molecule has 2 unspecified atom stereocenters. The van der Waals surface area contributed by atoms with Crippen molar-refractivity contribution in [2.75, 3.05) is 23.7 Å². The van der Waals surface area contributed by atoms with E-state index >= 15 is 0 Å². The Morgan fingerprint density at radius 2 is 1.96 bits per heavy atom. The van der Waals surface area contributed by atoms with Gasteiger partial charge in [-0.3, -0.25) is 9.59 Å². The minimum atomic E-state index is -4.85. The average Bonchev–Trinajstić information content (AvgIpc) is 3.58. The van der Waals surface area contributed by atoms with Gasteiger partial charge in [0, 0.05) is 50.4 Å². The number of aliphatic carboxylic acids is 1. The Kier molecular flexibility index (Phi) is 8.92. The van der Waals surface area contributed by atoms with Crippen molar-refractivity contribution in [1.29, 1.82) is 0 Å². The molecule has 12 nitrogen and oxygen atoms in total. The molecule has 2 aliphatic rings. The molecule has 242 valence electrons. The van der Waals surface area contributed by atoms with Crippen molar-refractivity contribution in [2.45, 2.75) is 77.4 Å². The maximum Gasteiger partial charge on any atom is 0.429 e. The number of carbonyl (C=O) groups is 2. The van der Waals surface area contributed by atoms with Crippen molar-refractivity contribution in [3.05, 3.63) is 53.3 Å². The Balaban J connectivity index is 1.42. The first kappa shape index (κ1) is 32.0. The number of halogens is 3. The predicted molar refractivity (Wildman–Crippen MR) is 159 cm³/mol. The number of carboxylic acid groups (broad SMARTS) is 1. The molecule has 15 heteroatoms.